The minimum Gasteiger partial charge on any atom is -0.354 e. The Balaban J connectivity index is 1.29. The zero-order chi connectivity index (χ0) is 69.9. The second kappa shape index (κ2) is 25.9. The summed E-state index contributed by atoms with van der Waals surface area (Å²) >= 11 is 0. The Morgan fingerprint density at radius 3 is 0.725 bits per heavy atom. The standard InChI is InChI=1S/C89H55F9N4/c90-87(91,92)65-47-41-62(42-48-65)78-81-72(56-29-13-3-14-30-56)70(54-25-9-1-10-26-54)68(99-81)53-69-71(55-27-11-2-12-28-55)73(57-31-15-4-16-32-57)82(100-69)79(63-43-49-66(50-44-63)88(93,94)95)84-75(59-35-19-6-20-36-59)77(61-39-23-8-24-40-61)86(102-84)80(64-45-51-67(52-46-64)89(96,97)98)85-76(60-37-21-7-22-38-60)74(83(78)101-85)58-33-17-5-18-34-58/h1-53,99,102H. The quantitative estimate of drug-likeness (QED) is 0.127. The largest absolute Gasteiger partial charge is 0.416 e. The first kappa shape index (κ1) is 64.1. The summed E-state index contributed by atoms with van der Waals surface area (Å²) in [6, 6.07) is 93.4. The number of benzene rings is 11. The molecule has 0 fully saturated rings. The highest BCUT2D eigenvalue weighted by Gasteiger charge is 2.38. The fourth-order valence-electron chi connectivity index (χ4n) is 14.2. The Labute approximate surface area is 580 Å². The molecule has 494 valence electrons. The summed E-state index contributed by atoms with van der Waals surface area (Å²) in [5.74, 6) is 0. The first-order valence-electron chi connectivity index (χ1n) is 32.9. The molecular formula is C89H55F9N4. The Hall–Kier alpha value is -12.6. The lowest BCUT2D eigenvalue weighted by Gasteiger charge is -2.15. The van der Waals surface area contributed by atoms with E-state index >= 15 is 39.5 Å². The van der Waals surface area contributed by atoms with E-state index in [0.29, 0.717) is 134 Å². The van der Waals surface area contributed by atoms with E-state index < -0.39 is 35.2 Å². The summed E-state index contributed by atoms with van der Waals surface area (Å²) < 4.78 is 136. The number of hydrogen-bond acceptors (Lipinski definition) is 2. The molecule has 0 saturated carbocycles. The minimum atomic E-state index is -4.78. The van der Waals surface area contributed by atoms with Crippen molar-refractivity contribution in [3.8, 4) is 77.9 Å². The van der Waals surface area contributed by atoms with Crippen molar-refractivity contribution in [3.05, 3.63) is 383 Å². The predicted molar refractivity (Wildman–Crippen MR) is 390 cm³/mol. The molecule has 13 heteroatoms. The van der Waals surface area contributed by atoms with Crippen LogP contribution in [0.5, 0.6) is 0 Å². The molecule has 2 aliphatic rings. The van der Waals surface area contributed by atoms with Crippen LogP contribution in [0.15, 0.2) is 322 Å². The lowest BCUT2D eigenvalue weighted by atomic mass is 9.86. The van der Waals surface area contributed by atoms with Gasteiger partial charge in [0.05, 0.1) is 56.0 Å². The SMILES string of the molecule is FC(F)(F)c1ccc(-c2c3nc(c(-c4ccc(C(F)(F)F)cc4)c4[nH]c(c(-c5ccc(C(F)(F)F)cc5)c5nc(cc6[nH]c2c(-c2ccccc2)c6-c2ccccc2)C(c2ccccc2)=C5c2ccccc2)c(-c2ccccc2)c4-c2ccccc2)C(c2ccccc2)=C3c2ccccc2)cc1. The molecule has 14 aromatic rings. The van der Waals surface area contributed by atoms with Crippen LogP contribution in [-0.2, 0) is 18.5 Å². The minimum absolute atomic E-state index is 0.250. The van der Waals surface area contributed by atoms with Gasteiger partial charge < -0.3 is 9.97 Å². The van der Waals surface area contributed by atoms with Gasteiger partial charge in [0.15, 0.2) is 0 Å². The van der Waals surface area contributed by atoms with E-state index in [1.54, 1.807) is 0 Å². The van der Waals surface area contributed by atoms with Gasteiger partial charge in [0.1, 0.15) is 0 Å². The maximum atomic E-state index is 15.2. The van der Waals surface area contributed by atoms with E-state index in [9.17, 15) is 0 Å². The van der Waals surface area contributed by atoms with Gasteiger partial charge in [0, 0.05) is 66.8 Å². The third kappa shape index (κ3) is 11.8. The molecule has 16 rings (SSSR count). The highest BCUT2D eigenvalue weighted by Crippen LogP contribution is 2.55. The van der Waals surface area contributed by atoms with Crippen LogP contribution in [-0.4, -0.2) is 19.9 Å². The molecule has 0 aliphatic carbocycles. The number of nitrogens with zero attached hydrogens (tertiary/aromatic N) is 2. The zero-order valence-electron chi connectivity index (χ0n) is 53.9. The maximum absolute atomic E-state index is 15.2. The fourth-order valence-corrected chi connectivity index (χ4v) is 14.2. The fraction of sp³-hybridized carbons (Fsp3) is 0.0337. The number of hydrogen-bond donors (Lipinski definition) is 2. The van der Waals surface area contributed by atoms with Crippen molar-refractivity contribution in [1.29, 1.82) is 0 Å². The van der Waals surface area contributed by atoms with Gasteiger partial charge in [-0.2, -0.15) is 39.5 Å². The molecule has 0 unspecified atom stereocenters. The topological polar surface area (TPSA) is 57.4 Å². The molecule has 5 heterocycles. The molecule has 0 atom stereocenters. The van der Waals surface area contributed by atoms with E-state index in [4.69, 9.17) is 9.97 Å². The second-order valence-corrected chi connectivity index (χ2v) is 24.9. The summed E-state index contributed by atoms with van der Waals surface area (Å²) in [6.45, 7) is 0. The molecule has 4 nitrogen and oxygen atoms in total. The van der Waals surface area contributed by atoms with Gasteiger partial charge in [-0.25, -0.2) is 9.97 Å². The van der Waals surface area contributed by atoms with Crippen LogP contribution in [0.1, 0.15) is 61.7 Å². The van der Waals surface area contributed by atoms with Crippen LogP contribution in [0, 0.1) is 0 Å². The summed E-state index contributed by atoms with van der Waals surface area (Å²) in [5, 5.41) is 0. The van der Waals surface area contributed by atoms with Crippen LogP contribution >= 0.6 is 0 Å². The molecule has 0 spiro atoms. The molecule has 8 bridgehead atoms. The Bertz CT molecular complexity index is 5660. The number of rotatable bonds is 11. The molecule has 2 N–H and O–H groups in total. The second-order valence-electron chi connectivity index (χ2n) is 24.9. The van der Waals surface area contributed by atoms with E-state index in [-0.39, 0.29) is 22.5 Å². The first-order valence-corrected chi connectivity index (χ1v) is 32.9. The number of halogens is 9. The van der Waals surface area contributed by atoms with Crippen molar-refractivity contribution in [3.63, 3.8) is 0 Å². The molecule has 3 aromatic heterocycles. The average Bonchev–Trinajstić information content (AvgIpc) is 1.56. The van der Waals surface area contributed by atoms with Gasteiger partial charge in [-0.15, -0.1) is 0 Å². The number of aromatic nitrogens is 4. The number of nitrogens with one attached hydrogen (secondary N) is 2. The highest BCUT2D eigenvalue weighted by molar-refractivity contribution is 6.20. The van der Waals surface area contributed by atoms with Crippen molar-refractivity contribution in [2.75, 3.05) is 0 Å². The van der Waals surface area contributed by atoms with Gasteiger partial charge in [0.25, 0.3) is 0 Å². The number of fused-ring (bicyclic) bond motifs is 8. The van der Waals surface area contributed by atoms with Gasteiger partial charge in [-0.3, -0.25) is 0 Å². The molecular weight excluding hydrogens is 1300 g/mol. The summed E-state index contributed by atoms with van der Waals surface area (Å²) in [7, 11) is 0. The average molecular weight is 1350 g/mol. The van der Waals surface area contributed by atoms with Crippen LogP contribution in [0.2, 0.25) is 0 Å². The Morgan fingerprint density at radius 2 is 0.431 bits per heavy atom. The van der Waals surface area contributed by atoms with E-state index in [1.165, 1.54) is 36.4 Å². The lowest BCUT2D eigenvalue weighted by molar-refractivity contribution is -0.138. The highest BCUT2D eigenvalue weighted by atomic mass is 19.4. The van der Waals surface area contributed by atoms with E-state index in [0.717, 1.165) is 47.5 Å². The molecule has 11 aromatic carbocycles. The van der Waals surface area contributed by atoms with Crippen LogP contribution in [0.25, 0.3) is 122 Å². The van der Waals surface area contributed by atoms with Crippen molar-refractivity contribution < 1.29 is 39.5 Å². The molecule has 102 heavy (non-hydrogen) atoms. The Morgan fingerprint density at radius 1 is 0.206 bits per heavy atom. The number of aromatic amines is 2. The molecule has 0 amide bonds. The maximum Gasteiger partial charge on any atom is 0.416 e. The van der Waals surface area contributed by atoms with Crippen LogP contribution in [0.4, 0.5) is 39.5 Å². The monoisotopic (exact) mass is 1350 g/mol. The van der Waals surface area contributed by atoms with E-state index in [1.807, 2.05) is 249 Å². The normalized spacial score (nSPS) is 12.7. The molecule has 0 saturated heterocycles. The molecule has 2 aliphatic heterocycles. The van der Waals surface area contributed by atoms with Gasteiger partial charge in [-0.05, 0) is 104 Å². The summed E-state index contributed by atoms with van der Waals surface area (Å²) in [6.07, 6.45) is -14.3. The van der Waals surface area contributed by atoms with Gasteiger partial charge in [0.2, 0.25) is 0 Å². The third-order valence-electron chi connectivity index (χ3n) is 18.7. The predicted octanol–water partition coefficient (Wildman–Crippen LogP) is 25.1. The smallest absolute Gasteiger partial charge is 0.354 e. The first-order chi connectivity index (χ1) is 49.5. The Kier molecular flexibility index (Phi) is 16.3. The molecule has 0 radical (unpaired) electrons. The van der Waals surface area contributed by atoms with Crippen LogP contribution in [0.3, 0.4) is 0 Å². The van der Waals surface area contributed by atoms with Gasteiger partial charge >= 0.3 is 18.5 Å². The van der Waals surface area contributed by atoms with Crippen LogP contribution < -0.4 is 0 Å². The van der Waals surface area contributed by atoms with Crippen molar-refractivity contribution in [2.24, 2.45) is 0 Å². The van der Waals surface area contributed by atoms with Crippen molar-refractivity contribution in [1.82, 2.24) is 19.9 Å². The summed E-state index contributed by atoms with van der Waals surface area (Å²) in [4.78, 5) is 19.9. The lowest BCUT2D eigenvalue weighted by Crippen LogP contribution is -2.04. The number of H-pyrrole nitrogens is 2. The third-order valence-corrected chi connectivity index (χ3v) is 18.7. The van der Waals surface area contributed by atoms with Gasteiger partial charge in [-0.1, -0.05) is 279 Å². The van der Waals surface area contributed by atoms with Crippen molar-refractivity contribution in [2.45, 2.75) is 18.5 Å². The van der Waals surface area contributed by atoms with E-state index in [2.05, 4.69) is 9.97 Å². The summed E-state index contributed by atoms with van der Waals surface area (Å²) in [5.41, 5.74) is 12.2. The van der Waals surface area contributed by atoms with Crippen molar-refractivity contribution >= 4 is 44.4 Å². The number of alkyl halides is 9. The zero-order valence-corrected chi connectivity index (χ0v) is 53.9.